The maximum Gasteiger partial charge on any atom is 0.143 e. The van der Waals surface area contributed by atoms with E-state index >= 15 is 0 Å². The van der Waals surface area contributed by atoms with Crippen LogP contribution < -0.4 is 0 Å². The summed E-state index contributed by atoms with van der Waals surface area (Å²) in [5.41, 5.74) is 0. The van der Waals surface area contributed by atoms with Crippen molar-refractivity contribution in [3.63, 3.8) is 0 Å². The van der Waals surface area contributed by atoms with Gasteiger partial charge >= 0.3 is 0 Å². The molecule has 0 aromatic rings. The fourth-order valence-electron chi connectivity index (χ4n) is 0.652. The first-order valence-corrected chi connectivity index (χ1v) is 3.72. The standard InChI is InChI=1S/C6H14NSi/c1-3-5-7(8)6-4-2/h3-6H2,1-2H3. The van der Waals surface area contributed by atoms with Crippen molar-refractivity contribution in [3.8, 4) is 0 Å². The fourth-order valence-corrected chi connectivity index (χ4v) is 1.10. The van der Waals surface area contributed by atoms with Crippen LogP contribution in [-0.4, -0.2) is 28.1 Å². The summed E-state index contributed by atoms with van der Waals surface area (Å²) in [4.78, 5) is 0. The highest BCUT2D eigenvalue weighted by molar-refractivity contribution is 6.04. The second kappa shape index (κ2) is 5.32. The lowest BCUT2D eigenvalue weighted by atomic mass is 10.4. The Morgan fingerprint density at radius 2 is 1.50 bits per heavy atom. The van der Waals surface area contributed by atoms with Crippen molar-refractivity contribution in [2.45, 2.75) is 26.7 Å². The van der Waals surface area contributed by atoms with E-state index in [-0.39, 0.29) is 0 Å². The summed E-state index contributed by atoms with van der Waals surface area (Å²) in [6, 6.07) is 0. The van der Waals surface area contributed by atoms with Crippen LogP contribution in [0.15, 0.2) is 0 Å². The molecule has 0 unspecified atom stereocenters. The quantitative estimate of drug-likeness (QED) is 0.514. The molecule has 0 aromatic heterocycles. The molecule has 3 radical (unpaired) electrons. The summed E-state index contributed by atoms with van der Waals surface area (Å²) in [7, 11) is 3.48. The Morgan fingerprint density at radius 1 is 1.12 bits per heavy atom. The summed E-state index contributed by atoms with van der Waals surface area (Å²) >= 11 is 0. The van der Waals surface area contributed by atoms with Gasteiger partial charge in [-0.25, -0.2) is 0 Å². The highest BCUT2D eigenvalue weighted by atomic mass is 28.2. The first kappa shape index (κ1) is 8.18. The lowest BCUT2D eigenvalue weighted by molar-refractivity contribution is 0.450. The van der Waals surface area contributed by atoms with Gasteiger partial charge < -0.3 is 4.57 Å². The zero-order valence-corrected chi connectivity index (χ0v) is 6.78. The molecule has 0 aliphatic heterocycles. The minimum atomic E-state index is 1.16. The predicted molar refractivity (Wildman–Crippen MR) is 37.9 cm³/mol. The van der Waals surface area contributed by atoms with Gasteiger partial charge in [0.05, 0.1) is 0 Å². The monoisotopic (exact) mass is 128 g/mol. The lowest BCUT2D eigenvalue weighted by Crippen LogP contribution is -2.21. The molecule has 0 spiro atoms. The first-order chi connectivity index (χ1) is 3.81. The van der Waals surface area contributed by atoms with Gasteiger partial charge in [0.15, 0.2) is 0 Å². The van der Waals surface area contributed by atoms with Gasteiger partial charge in [0.1, 0.15) is 10.4 Å². The van der Waals surface area contributed by atoms with E-state index in [2.05, 4.69) is 28.8 Å². The summed E-state index contributed by atoms with van der Waals surface area (Å²) in [5, 5.41) is 0. The van der Waals surface area contributed by atoms with Gasteiger partial charge in [-0.2, -0.15) is 0 Å². The smallest absolute Gasteiger partial charge is 0.143 e. The van der Waals surface area contributed by atoms with E-state index in [1.165, 1.54) is 12.8 Å². The summed E-state index contributed by atoms with van der Waals surface area (Å²) < 4.78 is 2.17. The number of rotatable bonds is 4. The molecular formula is C6H14NSi. The molecule has 0 N–H and O–H groups in total. The Morgan fingerprint density at radius 3 is 1.75 bits per heavy atom. The molecule has 2 heteroatoms. The molecule has 0 saturated carbocycles. The van der Waals surface area contributed by atoms with Crippen LogP contribution in [0.5, 0.6) is 0 Å². The summed E-state index contributed by atoms with van der Waals surface area (Å²) in [6.45, 7) is 6.68. The Hall–Kier alpha value is 0.177. The van der Waals surface area contributed by atoms with Crippen molar-refractivity contribution in [2.75, 3.05) is 13.1 Å². The van der Waals surface area contributed by atoms with Crippen LogP contribution >= 0.6 is 0 Å². The van der Waals surface area contributed by atoms with E-state index in [9.17, 15) is 0 Å². The molecule has 0 aromatic carbocycles. The Kier molecular flexibility index (Phi) is 5.43. The fraction of sp³-hybridized carbons (Fsp3) is 1.00. The maximum atomic E-state index is 3.48. The van der Waals surface area contributed by atoms with Crippen LogP contribution in [0.3, 0.4) is 0 Å². The molecule has 47 valence electrons. The van der Waals surface area contributed by atoms with Crippen molar-refractivity contribution in [2.24, 2.45) is 0 Å². The van der Waals surface area contributed by atoms with Crippen LogP contribution in [0.4, 0.5) is 0 Å². The highest BCUT2D eigenvalue weighted by Crippen LogP contribution is 1.86. The van der Waals surface area contributed by atoms with E-state index in [1.807, 2.05) is 0 Å². The topological polar surface area (TPSA) is 3.24 Å². The Bertz CT molecular complexity index is 41.8. The first-order valence-electron chi connectivity index (χ1n) is 3.27. The summed E-state index contributed by atoms with van der Waals surface area (Å²) in [6.07, 6.45) is 2.45. The van der Waals surface area contributed by atoms with E-state index in [1.54, 1.807) is 0 Å². The molecule has 0 aliphatic rings. The number of nitrogens with zero attached hydrogens (tertiary/aromatic N) is 1. The van der Waals surface area contributed by atoms with Crippen molar-refractivity contribution in [3.05, 3.63) is 0 Å². The Balaban J connectivity index is 2.92. The SMILES string of the molecule is CCCN([Si])CCC. The summed E-state index contributed by atoms with van der Waals surface area (Å²) in [5.74, 6) is 0. The van der Waals surface area contributed by atoms with Crippen molar-refractivity contribution >= 4 is 10.4 Å². The molecule has 0 fully saturated rings. The molecule has 0 saturated heterocycles. The largest absolute Gasteiger partial charge is 0.327 e. The van der Waals surface area contributed by atoms with Crippen LogP contribution in [-0.2, 0) is 0 Å². The second-order valence-corrected chi connectivity index (χ2v) is 2.62. The van der Waals surface area contributed by atoms with Gasteiger partial charge in [-0.05, 0) is 25.9 Å². The third-order valence-corrected chi connectivity index (χ3v) is 1.43. The van der Waals surface area contributed by atoms with Crippen LogP contribution in [0.2, 0.25) is 0 Å². The molecule has 0 atom stereocenters. The van der Waals surface area contributed by atoms with E-state index < -0.39 is 0 Å². The molecule has 0 bridgehead atoms. The van der Waals surface area contributed by atoms with Gasteiger partial charge in [0.25, 0.3) is 0 Å². The maximum absolute atomic E-state index is 3.48. The Labute approximate surface area is 55.6 Å². The minimum absolute atomic E-state index is 1.16. The number of hydrogen-bond acceptors (Lipinski definition) is 1. The van der Waals surface area contributed by atoms with Crippen molar-refractivity contribution < 1.29 is 0 Å². The van der Waals surface area contributed by atoms with E-state index in [4.69, 9.17) is 0 Å². The van der Waals surface area contributed by atoms with Gasteiger partial charge in [-0.1, -0.05) is 13.8 Å². The molecule has 0 rings (SSSR count). The number of hydrogen-bond donors (Lipinski definition) is 0. The predicted octanol–water partition coefficient (Wildman–Crippen LogP) is 1.19. The second-order valence-electron chi connectivity index (χ2n) is 1.99. The molecule has 0 amide bonds. The van der Waals surface area contributed by atoms with E-state index in [0.29, 0.717) is 0 Å². The molecule has 0 heterocycles. The van der Waals surface area contributed by atoms with Crippen molar-refractivity contribution in [1.82, 2.24) is 4.57 Å². The van der Waals surface area contributed by atoms with Gasteiger partial charge in [0.2, 0.25) is 0 Å². The highest BCUT2D eigenvalue weighted by Gasteiger charge is 1.90. The van der Waals surface area contributed by atoms with Gasteiger partial charge in [-0.3, -0.25) is 0 Å². The third-order valence-electron chi connectivity index (χ3n) is 0.987. The van der Waals surface area contributed by atoms with Gasteiger partial charge in [-0.15, -0.1) is 0 Å². The zero-order valence-electron chi connectivity index (χ0n) is 5.78. The molecular weight excluding hydrogens is 114 g/mol. The molecule has 8 heavy (non-hydrogen) atoms. The normalized spacial score (nSPS) is 10.5. The van der Waals surface area contributed by atoms with Crippen LogP contribution in [0.1, 0.15) is 26.7 Å². The minimum Gasteiger partial charge on any atom is -0.327 e. The van der Waals surface area contributed by atoms with E-state index in [0.717, 1.165) is 13.1 Å². The van der Waals surface area contributed by atoms with Crippen LogP contribution in [0, 0.1) is 0 Å². The molecule has 0 aliphatic carbocycles. The van der Waals surface area contributed by atoms with Crippen molar-refractivity contribution in [1.29, 1.82) is 0 Å². The van der Waals surface area contributed by atoms with Crippen LogP contribution in [0.25, 0.3) is 0 Å². The molecule has 1 nitrogen and oxygen atoms in total. The average Bonchev–Trinajstić information content (AvgIpc) is 1.68. The van der Waals surface area contributed by atoms with Gasteiger partial charge in [0, 0.05) is 0 Å². The third kappa shape index (κ3) is 4.34. The average molecular weight is 128 g/mol. The zero-order chi connectivity index (χ0) is 6.41. The lowest BCUT2D eigenvalue weighted by Gasteiger charge is -2.12.